The van der Waals surface area contributed by atoms with Gasteiger partial charge in [-0.05, 0) is 44.0 Å². The highest BCUT2D eigenvalue weighted by Gasteiger charge is 2.43. The Morgan fingerprint density at radius 3 is 2.42 bits per heavy atom. The van der Waals surface area contributed by atoms with Crippen molar-refractivity contribution < 1.29 is 16.8 Å². The molecule has 7 nitrogen and oxygen atoms in total. The van der Waals surface area contributed by atoms with Gasteiger partial charge < -0.3 is 5.32 Å². The molecule has 2 atom stereocenters. The van der Waals surface area contributed by atoms with E-state index < -0.39 is 20.0 Å². The largest absolute Gasteiger partial charge is 0.315 e. The second kappa shape index (κ2) is 6.38. The second-order valence-corrected chi connectivity index (χ2v) is 10.5. The minimum Gasteiger partial charge on any atom is -0.315 e. The molecule has 0 aliphatic carbocycles. The molecule has 0 radical (unpaired) electrons. The highest BCUT2D eigenvalue weighted by atomic mass is 32.2. The Kier molecular flexibility index (Phi) is 4.73. The molecule has 2 heterocycles. The molecule has 24 heavy (non-hydrogen) atoms. The molecule has 0 spiro atoms. The second-order valence-electron chi connectivity index (χ2n) is 6.48. The fraction of sp³-hybridized carbons (Fsp3) is 0.600. The van der Waals surface area contributed by atoms with Crippen molar-refractivity contribution in [3.05, 3.63) is 24.3 Å². The van der Waals surface area contributed by atoms with Crippen molar-refractivity contribution in [2.24, 2.45) is 0 Å². The van der Waals surface area contributed by atoms with Crippen molar-refractivity contribution in [3.8, 4) is 0 Å². The lowest BCUT2D eigenvalue weighted by molar-refractivity contribution is 0.334. The zero-order valence-electron chi connectivity index (χ0n) is 13.8. The molecule has 2 saturated heterocycles. The molecule has 1 aromatic rings. The van der Waals surface area contributed by atoms with E-state index in [4.69, 9.17) is 0 Å². The topological polar surface area (TPSA) is 86.8 Å². The van der Waals surface area contributed by atoms with Gasteiger partial charge >= 0.3 is 0 Å². The van der Waals surface area contributed by atoms with Crippen LogP contribution in [0.5, 0.6) is 0 Å². The number of sulfonamides is 2. The molecular formula is C15H23N3O4S2. The van der Waals surface area contributed by atoms with Gasteiger partial charge in [0.25, 0.3) is 0 Å². The first-order valence-corrected chi connectivity index (χ1v) is 10.9. The lowest BCUT2D eigenvalue weighted by Gasteiger charge is -2.27. The summed E-state index contributed by atoms with van der Waals surface area (Å²) in [6.45, 7) is 1.45. The van der Waals surface area contributed by atoms with E-state index in [-0.39, 0.29) is 21.9 Å². The zero-order chi connectivity index (χ0) is 17.5. The van der Waals surface area contributed by atoms with Gasteiger partial charge in [0.1, 0.15) is 0 Å². The molecule has 1 aromatic carbocycles. The smallest absolute Gasteiger partial charge is 0.243 e. The summed E-state index contributed by atoms with van der Waals surface area (Å²) < 4.78 is 53.5. The molecule has 2 aliphatic heterocycles. The third kappa shape index (κ3) is 2.99. The zero-order valence-corrected chi connectivity index (χ0v) is 15.5. The molecule has 0 amide bonds. The Morgan fingerprint density at radius 2 is 1.71 bits per heavy atom. The van der Waals surface area contributed by atoms with Crippen LogP contribution in [0.3, 0.4) is 0 Å². The quantitative estimate of drug-likeness (QED) is 0.828. The van der Waals surface area contributed by atoms with Crippen molar-refractivity contribution >= 4 is 20.0 Å². The van der Waals surface area contributed by atoms with Gasteiger partial charge in [0, 0.05) is 32.7 Å². The van der Waals surface area contributed by atoms with E-state index in [1.54, 1.807) is 4.31 Å². The van der Waals surface area contributed by atoms with Crippen LogP contribution >= 0.6 is 0 Å². The number of benzene rings is 1. The van der Waals surface area contributed by atoms with E-state index >= 15 is 0 Å². The molecule has 3 rings (SSSR count). The number of nitrogens with zero attached hydrogens (tertiary/aromatic N) is 2. The summed E-state index contributed by atoms with van der Waals surface area (Å²) in [5.74, 6) is 0. The van der Waals surface area contributed by atoms with Crippen LogP contribution < -0.4 is 5.32 Å². The molecule has 134 valence electrons. The Bertz CT molecular complexity index is 807. The maximum Gasteiger partial charge on any atom is 0.243 e. The highest BCUT2D eigenvalue weighted by Crippen LogP contribution is 2.34. The summed E-state index contributed by atoms with van der Waals surface area (Å²) >= 11 is 0. The average Bonchev–Trinajstić information content (AvgIpc) is 2.81. The van der Waals surface area contributed by atoms with Gasteiger partial charge in [-0.25, -0.2) is 21.1 Å². The van der Waals surface area contributed by atoms with Crippen LogP contribution in [0.25, 0.3) is 0 Å². The van der Waals surface area contributed by atoms with Crippen LogP contribution in [-0.4, -0.2) is 64.7 Å². The monoisotopic (exact) mass is 373 g/mol. The number of nitrogens with one attached hydrogen (secondary N) is 1. The van der Waals surface area contributed by atoms with Crippen LogP contribution in [0.4, 0.5) is 0 Å². The summed E-state index contributed by atoms with van der Waals surface area (Å²) in [4.78, 5) is 0.0399. The van der Waals surface area contributed by atoms with Crippen molar-refractivity contribution in [1.82, 2.24) is 13.9 Å². The van der Waals surface area contributed by atoms with Gasteiger partial charge in [-0.3, -0.25) is 0 Å². The molecule has 2 unspecified atom stereocenters. The maximum absolute atomic E-state index is 13.1. The van der Waals surface area contributed by atoms with Crippen LogP contribution in [-0.2, 0) is 20.0 Å². The van der Waals surface area contributed by atoms with Gasteiger partial charge in [0.05, 0.1) is 9.79 Å². The first-order valence-electron chi connectivity index (χ1n) is 8.01. The molecule has 9 heteroatoms. The predicted molar refractivity (Wildman–Crippen MR) is 90.6 cm³/mol. The Balaban J connectivity index is 2.02. The third-order valence-corrected chi connectivity index (χ3v) is 8.56. The van der Waals surface area contributed by atoms with Crippen LogP contribution in [0.2, 0.25) is 0 Å². The highest BCUT2D eigenvalue weighted by molar-refractivity contribution is 7.90. The number of rotatable bonds is 4. The summed E-state index contributed by atoms with van der Waals surface area (Å²) in [6, 6.07) is 5.58. The van der Waals surface area contributed by atoms with Gasteiger partial charge in [-0.15, -0.1) is 0 Å². The van der Waals surface area contributed by atoms with Crippen molar-refractivity contribution in [2.75, 3.05) is 27.2 Å². The Morgan fingerprint density at radius 1 is 1.04 bits per heavy atom. The minimum atomic E-state index is -3.72. The predicted octanol–water partition coefficient (Wildman–Crippen LogP) is 0.452. The van der Waals surface area contributed by atoms with E-state index in [9.17, 15) is 16.8 Å². The van der Waals surface area contributed by atoms with Crippen molar-refractivity contribution in [1.29, 1.82) is 0 Å². The molecule has 2 aliphatic rings. The maximum atomic E-state index is 13.1. The van der Waals surface area contributed by atoms with Gasteiger partial charge in [-0.2, -0.15) is 4.31 Å². The molecule has 0 aromatic heterocycles. The SMILES string of the molecule is CN(C)S(=O)(=O)c1cccc(S(=O)(=O)N2C3CCNCC2CC3)c1. The normalized spacial score (nSPS) is 25.8. The Hall–Kier alpha value is -1.00. The third-order valence-electron chi connectivity index (χ3n) is 4.75. The van der Waals surface area contributed by atoms with Crippen LogP contribution in [0.1, 0.15) is 19.3 Å². The van der Waals surface area contributed by atoms with E-state index in [1.165, 1.54) is 38.4 Å². The lowest BCUT2D eigenvalue weighted by atomic mass is 10.1. The lowest BCUT2D eigenvalue weighted by Crippen LogP contribution is -2.42. The Labute approximate surface area is 143 Å². The van der Waals surface area contributed by atoms with Gasteiger partial charge in [0.2, 0.25) is 20.0 Å². The fourth-order valence-electron chi connectivity index (χ4n) is 3.46. The number of fused-ring (bicyclic) bond motifs is 2. The van der Waals surface area contributed by atoms with Gasteiger partial charge in [-0.1, -0.05) is 6.07 Å². The minimum absolute atomic E-state index is 0.00568. The fourth-order valence-corrected chi connectivity index (χ4v) is 6.43. The summed E-state index contributed by atoms with van der Waals surface area (Å²) in [5, 5.41) is 3.27. The van der Waals surface area contributed by atoms with E-state index in [2.05, 4.69) is 5.32 Å². The van der Waals surface area contributed by atoms with Gasteiger partial charge in [0.15, 0.2) is 0 Å². The standard InChI is InChI=1S/C15H23N3O4S2/c1-17(2)23(19,20)14-4-3-5-15(10-14)24(21,22)18-12-6-7-13(18)11-16-9-8-12/h3-5,10,12-13,16H,6-9,11H2,1-2H3. The van der Waals surface area contributed by atoms with Crippen molar-refractivity contribution in [2.45, 2.75) is 41.1 Å². The van der Waals surface area contributed by atoms with Crippen LogP contribution in [0, 0.1) is 0 Å². The van der Waals surface area contributed by atoms with Crippen molar-refractivity contribution in [3.63, 3.8) is 0 Å². The molecule has 0 saturated carbocycles. The first kappa shape index (κ1) is 17.8. The van der Waals surface area contributed by atoms with Crippen LogP contribution in [0.15, 0.2) is 34.1 Å². The average molecular weight is 374 g/mol. The van der Waals surface area contributed by atoms with E-state index in [1.807, 2.05) is 0 Å². The molecule has 2 fully saturated rings. The summed E-state index contributed by atoms with van der Waals surface area (Å²) in [7, 11) is -4.53. The number of hydrogen-bond donors (Lipinski definition) is 1. The summed E-state index contributed by atoms with van der Waals surface area (Å²) in [5.41, 5.74) is 0. The summed E-state index contributed by atoms with van der Waals surface area (Å²) in [6.07, 6.45) is 2.49. The number of hydrogen-bond acceptors (Lipinski definition) is 5. The molecule has 1 N–H and O–H groups in total. The van der Waals surface area contributed by atoms with E-state index in [0.29, 0.717) is 6.54 Å². The first-order chi connectivity index (χ1) is 11.2. The molecule has 2 bridgehead atoms. The van der Waals surface area contributed by atoms with E-state index in [0.717, 1.165) is 30.1 Å². The molecular weight excluding hydrogens is 350 g/mol.